The smallest absolute Gasteiger partial charge is 0.281 e. The number of piperazine rings is 1. The molecule has 1 aromatic rings. The van der Waals surface area contributed by atoms with Crippen molar-refractivity contribution in [3.63, 3.8) is 0 Å². The van der Waals surface area contributed by atoms with Gasteiger partial charge in [-0.2, -0.15) is 0 Å². The van der Waals surface area contributed by atoms with Crippen LogP contribution < -0.4 is 0 Å². The fraction of sp³-hybridized carbons (Fsp3) is 0.500. The lowest BCUT2D eigenvalue weighted by Crippen LogP contribution is -2.60. The second-order valence-electron chi connectivity index (χ2n) is 5.16. The Morgan fingerprint density at radius 2 is 1.84 bits per heavy atom. The molecule has 19 heavy (non-hydrogen) atoms. The average Bonchev–Trinajstić information content (AvgIpc) is 2.41. The van der Waals surface area contributed by atoms with E-state index in [1.54, 1.807) is 6.92 Å². The van der Waals surface area contributed by atoms with Crippen LogP contribution in [0.3, 0.4) is 0 Å². The summed E-state index contributed by atoms with van der Waals surface area (Å²) in [6, 6.07) is 7.49. The molecule has 1 aromatic carbocycles. The summed E-state index contributed by atoms with van der Waals surface area (Å²) in [7, 11) is 1.92. The Hall–Kier alpha value is -0.820. The van der Waals surface area contributed by atoms with Crippen LogP contribution in [0.1, 0.15) is 19.4 Å². The molecule has 3 atom stereocenters. The first kappa shape index (κ1) is 14.6. The second-order valence-corrected chi connectivity index (χ2v) is 6.40. The maximum Gasteiger partial charge on any atom is 0.450 e. The molecule has 1 amide bonds. The van der Waals surface area contributed by atoms with E-state index in [0.29, 0.717) is 11.2 Å². The second kappa shape index (κ2) is 5.66. The summed E-state index contributed by atoms with van der Waals surface area (Å²) in [5.41, 5.74) is 1.08. The van der Waals surface area contributed by atoms with Crippen LogP contribution in [0.5, 0.6) is 0 Å². The first-order valence-corrected chi connectivity index (χ1v) is 7.46. The van der Waals surface area contributed by atoms with Gasteiger partial charge in [0, 0.05) is 21.8 Å². The van der Waals surface area contributed by atoms with Crippen molar-refractivity contribution in [2.45, 2.75) is 38.4 Å². The Morgan fingerprint density at radius 1 is 1.26 bits per heavy atom. The lowest BCUT2D eigenvalue weighted by molar-refractivity contribution is -0.525. The number of benzene rings is 1. The van der Waals surface area contributed by atoms with Crippen LogP contribution in [0.25, 0.3) is 0 Å². The highest BCUT2D eigenvalue weighted by Gasteiger charge is 2.49. The number of nitroso groups, excluding NO2 is 1. The summed E-state index contributed by atoms with van der Waals surface area (Å²) in [6.07, 6.45) is 0.585. The molecule has 1 fully saturated rings. The van der Waals surface area contributed by atoms with E-state index in [1.165, 1.54) is 0 Å². The third-order valence-electron chi connectivity index (χ3n) is 4.05. The number of hydrogen-bond acceptors (Lipinski definition) is 3. The predicted molar refractivity (Wildman–Crippen MR) is 82.0 cm³/mol. The number of amides is 1. The highest BCUT2D eigenvalue weighted by atomic mass is 127. The molecule has 1 aliphatic heterocycles. The molecule has 0 aromatic heterocycles. The lowest BCUT2D eigenvalue weighted by Gasteiger charge is -2.34. The van der Waals surface area contributed by atoms with Crippen LogP contribution in [0.4, 0.5) is 0 Å². The highest BCUT2D eigenvalue weighted by molar-refractivity contribution is 14.1. The molecule has 2 rings (SSSR count). The quantitative estimate of drug-likeness (QED) is 0.590. The summed E-state index contributed by atoms with van der Waals surface area (Å²) >= 11 is 2.25. The summed E-state index contributed by atoms with van der Waals surface area (Å²) in [5.74, 6) is -0.327. The van der Waals surface area contributed by atoms with E-state index in [9.17, 15) is 9.70 Å². The van der Waals surface area contributed by atoms with Crippen LogP contribution in [-0.2, 0) is 11.2 Å². The third-order valence-corrected chi connectivity index (χ3v) is 4.77. The van der Waals surface area contributed by atoms with Crippen LogP contribution in [-0.4, -0.2) is 40.7 Å². The molecule has 0 spiro atoms. The molecule has 102 valence electrons. The molecule has 5 heteroatoms. The average molecular weight is 373 g/mol. The molecule has 0 radical (unpaired) electrons. The number of nitrogens with zero attached hydrogens (tertiary/aromatic N) is 2. The van der Waals surface area contributed by atoms with E-state index in [2.05, 4.69) is 22.6 Å². The summed E-state index contributed by atoms with van der Waals surface area (Å²) in [6.45, 7) is 3.79. The molecule has 0 saturated carbocycles. The summed E-state index contributed by atoms with van der Waals surface area (Å²) in [4.78, 5) is 26.0. The zero-order valence-corrected chi connectivity index (χ0v) is 13.5. The van der Waals surface area contributed by atoms with E-state index in [1.807, 2.05) is 43.1 Å². The van der Waals surface area contributed by atoms with E-state index in [-0.39, 0.29) is 24.0 Å². The molecule has 4 nitrogen and oxygen atoms in total. The topological polar surface area (TPSA) is 40.4 Å². The Balaban J connectivity index is 2.20. The molecule has 0 bridgehead atoms. The fourth-order valence-corrected chi connectivity index (χ4v) is 2.78. The number of hydrogen-bond donors (Lipinski definition) is 0. The first-order valence-electron chi connectivity index (χ1n) is 6.38. The standard InChI is InChI=1S/C14H18IN2O2/c1-9-10(2)17(19)14(18)13(16(9)3)8-11-4-6-12(15)7-5-11/h4-7,9-10,13H,8H2,1-3H3/q+1. The summed E-state index contributed by atoms with van der Waals surface area (Å²) < 4.78 is 1.80. The van der Waals surface area contributed by atoms with E-state index < -0.39 is 0 Å². The van der Waals surface area contributed by atoms with Gasteiger partial charge in [-0.1, -0.05) is 12.1 Å². The molecule has 3 unspecified atom stereocenters. The van der Waals surface area contributed by atoms with Gasteiger partial charge in [-0.25, -0.2) is 4.79 Å². The zero-order valence-electron chi connectivity index (χ0n) is 11.3. The van der Waals surface area contributed by atoms with Crippen molar-refractivity contribution >= 4 is 28.5 Å². The van der Waals surface area contributed by atoms with Crippen LogP contribution >= 0.6 is 22.6 Å². The van der Waals surface area contributed by atoms with Gasteiger partial charge in [0.1, 0.15) is 6.04 Å². The van der Waals surface area contributed by atoms with Gasteiger partial charge in [-0.15, -0.1) is 0 Å². The Labute approximate surface area is 126 Å². The fourth-order valence-electron chi connectivity index (χ4n) is 2.42. The summed E-state index contributed by atoms with van der Waals surface area (Å²) in [5, 5.41) is 0. The monoisotopic (exact) mass is 373 g/mol. The maximum atomic E-state index is 12.1. The SMILES string of the molecule is CC1C(C)[N+](=O)C(=O)C(Cc2ccc(I)cc2)N1C. The number of carbonyl (C=O) groups is 1. The lowest BCUT2D eigenvalue weighted by atomic mass is 9.97. The van der Waals surface area contributed by atoms with Gasteiger partial charge < -0.3 is 0 Å². The van der Waals surface area contributed by atoms with Gasteiger partial charge in [-0.05, 0) is 54.3 Å². The van der Waals surface area contributed by atoms with Crippen molar-refractivity contribution in [2.75, 3.05) is 7.05 Å². The van der Waals surface area contributed by atoms with Crippen LogP contribution in [0, 0.1) is 8.48 Å². The van der Waals surface area contributed by atoms with E-state index in [4.69, 9.17) is 0 Å². The molecule has 1 saturated heterocycles. The van der Waals surface area contributed by atoms with E-state index >= 15 is 0 Å². The van der Waals surface area contributed by atoms with Crippen molar-refractivity contribution in [3.8, 4) is 0 Å². The van der Waals surface area contributed by atoms with Gasteiger partial charge >= 0.3 is 5.91 Å². The number of rotatable bonds is 2. The minimum atomic E-state index is -0.358. The van der Waals surface area contributed by atoms with Crippen molar-refractivity contribution in [1.29, 1.82) is 0 Å². The maximum absolute atomic E-state index is 12.1. The third kappa shape index (κ3) is 2.86. The van der Waals surface area contributed by atoms with Crippen molar-refractivity contribution in [2.24, 2.45) is 0 Å². The van der Waals surface area contributed by atoms with E-state index in [0.717, 1.165) is 9.13 Å². The predicted octanol–water partition coefficient (Wildman–Crippen LogP) is 2.23. The van der Waals surface area contributed by atoms with Crippen molar-refractivity contribution in [3.05, 3.63) is 38.3 Å². The number of halogens is 1. The largest absolute Gasteiger partial charge is 0.450 e. The first-order chi connectivity index (χ1) is 8.91. The molecule has 0 N–H and O–H groups in total. The number of likely N-dealkylation sites (N-methyl/N-ethyl adjacent to an activating group) is 1. The van der Waals surface area contributed by atoms with Gasteiger partial charge in [0.05, 0.1) is 10.8 Å². The zero-order chi connectivity index (χ0) is 14.2. The van der Waals surface area contributed by atoms with Crippen molar-refractivity contribution < 1.29 is 9.55 Å². The molecule has 1 aliphatic rings. The highest BCUT2D eigenvalue weighted by Crippen LogP contribution is 2.21. The molecular formula is C14H18IN2O2+. The molecular weight excluding hydrogens is 355 g/mol. The minimum absolute atomic E-state index is 0.0732. The van der Waals surface area contributed by atoms with Gasteiger partial charge in [0.15, 0.2) is 0 Å². The Morgan fingerprint density at radius 3 is 2.42 bits per heavy atom. The van der Waals surface area contributed by atoms with Gasteiger partial charge in [-0.3, -0.25) is 4.90 Å². The normalized spacial score (nSPS) is 28.7. The Bertz CT molecular complexity index is 501. The Kier molecular flexibility index (Phi) is 4.35. The van der Waals surface area contributed by atoms with Gasteiger partial charge in [0.2, 0.25) is 6.04 Å². The van der Waals surface area contributed by atoms with Crippen molar-refractivity contribution in [1.82, 2.24) is 4.90 Å². The van der Waals surface area contributed by atoms with Gasteiger partial charge in [0.25, 0.3) is 0 Å². The van der Waals surface area contributed by atoms with Crippen LogP contribution in [0.2, 0.25) is 0 Å². The number of carbonyl (C=O) groups excluding carboxylic acids is 1. The van der Waals surface area contributed by atoms with Crippen LogP contribution in [0.15, 0.2) is 24.3 Å². The molecule has 1 heterocycles. The minimum Gasteiger partial charge on any atom is -0.281 e. The molecule has 0 aliphatic carbocycles.